The van der Waals surface area contributed by atoms with Crippen molar-refractivity contribution in [2.75, 3.05) is 18.4 Å². The standard InChI is InChI=1S/C25H24FN3O4/c26-20-10-8-18(9-11-20)25(32)29-12-2-5-19(16-29)23(30)27-15-17-4-1-6-21(14-17)28-24(31)22-7-3-13-33-22/h1,3-4,6-11,13-14,19H,2,5,12,15-16H2,(H,27,30)(H,28,31). The molecule has 1 aliphatic heterocycles. The van der Waals surface area contributed by atoms with Gasteiger partial charge in [-0.15, -0.1) is 0 Å². The SMILES string of the molecule is O=C(Nc1cccc(CNC(=O)C2CCCN(C(=O)c3ccc(F)cc3)C2)c1)c1ccco1. The van der Waals surface area contributed by atoms with E-state index in [2.05, 4.69) is 10.6 Å². The number of carbonyl (C=O) groups is 3. The Hall–Kier alpha value is -3.94. The lowest BCUT2D eigenvalue weighted by atomic mass is 9.96. The van der Waals surface area contributed by atoms with Gasteiger partial charge in [0.1, 0.15) is 5.82 Å². The quantitative estimate of drug-likeness (QED) is 0.598. The van der Waals surface area contributed by atoms with Gasteiger partial charge in [-0.3, -0.25) is 14.4 Å². The van der Waals surface area contributed by atoms with Gasteiger partial charge < -0.3 is 20.0 Å². The number of benzene rings is 2. The molecule has 33 heavy (non-hydrogen) atoms. The molecule has 2 aromatic carbocycles. The highest BCUT2D eigenvalue weighted by molar-refractivity contribution is 6.02. The number of amides is 3. The molecule has 1 fully saturated rings. The maximum Gasteiger partial charge on any atom is 0.291 e. The Morgan fingerprint density at radius 1 is 1.06 bits per heavy atom. The molecule has 0 spiro atoms. The first kappa shape index (κ1) is 22.3. The van der Waals surface area contributed by atoms with Gasteiger partial charge in [0.2, 0.25) is 5.91 Å². The first-order chi connectivity index (χ1) is 16.0. The molecule has 170 valence electrons. The third kappa shape index (κ3) is 5.65. The van der Waals surface area contributed by atoms with Crippen molar-refractivity contribution in [3.05, 3.63) is 89.6 Å². The Morgan fingerprint density at radius 2 is 1.88 bits per heavy atom. The molecule has 2 N–H and O–H groups in total. The van der Waals surface area contributed by atoms with Crippen molar-refractivity contribution in [1.82, 2.24) is 10.2 Å². The van der Waals surface area contributed by atoms with Crippen LogP contribution in [0.4, 0.5) is 10.1 Å². The maximum atomic E-state index is 13.1. The summed E-state index contributed by atoms with van der Waals surface area (Å²) < 4.78 is 18.2. The van der Waals surface area contributed by atoms with Gasteiger partial charge in [0.15, 0.2) is 5.76 Å². The lowest BCUT2D eigenvalue weighted by Gasteiger charge is -2.32. The van der Waals surface area contributed by atoms with E-state index in [0.29, 0.717) is 37.3 Å². The molecule has 3 amide bonds. The van der Waals surface area contributed by atoms with Crippen molar-refractivity contribution in [3.63, 3.8) is 0 Å². The molecule has 0 aliphatic carbocycles. The number of furan rings is 1. The first-order valence-electron chi connectivity index (χ1n) is 10.8. The van der Waals surface area contributed by atoms with Gasteiger partial charge in [-0.1, -0.05) is 12.1 Å². The predicted molar refractivity (Wildman–Crippen MR) is 120 cm³/mol. The van der Waals surface area contributed by atoms with Crippen LogP contribution in [0.1, 0.15) is 39.3 Å². The van der Waals surface area contributed by atoms with E-state index in [1.165, 1.54) is 30.5 Å². The third-order valence-electron chi connectivity index (χ3n) is 5.57. The maximum absolute atomic E-state index is 13.1. The number of likely N-dealkylation sites (tertiary alicyclic amines) is 1. The fourth-order valence-corrected chi connectivity index (χ4v) is 3.84. The fraction of sp³-hybridized carbons (Fsp3) is 0.240. The summed E-state index contributed by atoms with van der Waals surface area (Å²) in [5.74, 6) is -1.18. The number of hydrogen-bond donors (Lipinski definition) is 2. The fourth-order valence-electron chi connectivity index (χ4n) is 3.84. The normalized spacial score (nSPS) is 15.7. The van der Waals surface area contributed by atoms with Gasteiger partial charge >= 0.3 is 0 Å². The summed E-state index contributed by atoms with van der Waals surface area (Å²) in [7, 11) is 0. The van der Waals surface area contributed by atoms with Gasteiger partial charge in [0.25, 0.3) is 11.8 Å². The zero-order chi connectivity index (χ0) is 23.2. The molecular weight excluding hydrogens is 425 g/mol. The molecule has 7 nitrogen and oxygen atoms in total. The number of piperidine rings is 1. The summed E-state index contributed by atoms with van der Waals surface area (Å²) in [6, 6.07) is 15.8. The topological polar surface area (TPSA) is 91.7 Å². The van der Waals surface area contributed by atoms with E-state index in [1.807, 2.05) is 6.07 Å². The second kappa shape index (κ2) is 10.1. The van der Waals surface area contributed by atoms with E-state index in [1.54, 1.807) is 35.2 Å². The zero-order valence-corrected chi connectivity index (χ0v) is 17.9. The minimum Gasteiger partial charge on any atom is -0.459 e. The molecule has 1 aliphatic rings. The monoisotopic (exact) mass is 449 g/mol. The summed E-state index contributed by atoms with van der Waals surface area (Å²) in [6.07, 6.45) is 2.85. The summed E-state index contributed by atoms with van der Waals surface area (Å²) in [4.78, 5) is 39.2. The van der Waals surface area contributed by atoms with Crippen LogP contribution in [-0.2, 0) is 11.3 Å². The van der Waals surface area contributed by atoms with E-state index < -0.39 is 5.82 Å². The van der Waals surface area contributed by atoms with Crippen LogP contribution in [0.3, 0.4) is 0 Å². The summed E-state index contributed by atoms with van der Waals surface area (Å²) >= 11 is 0. The van der Waals surface area contributed by atoms with Crippen LogP contribution in [0, 0.1) is 11.7 Å². The number of anilines is 1. The van der Waals surface area contributed by atoms with Crippen molar-refractivity contribution in [2.24, 2.45) is 5.92 Å². The average Bonchev–Trinajstić information content (AvgIpc) is 3.38. The zero-order valence-electron chi connectivity index (χ0n) is 17.9. The molecule has 0 saturated carbocycles. The molecular formula is C25H24FN3O4. The van der Waals surface area contributed by atoms with E-state index in [4.69, 9.17) is 4.42 Å². The highest BCUT2D eigenvalue weighted by Gasteiger charge is 2.28. The summed E-state index contributed by atoms with van der Waals surface area (Å²) in [5.41, 5.74) is 1.83. The largest absolute Gasteiger partial charge is 0.459 e. The molecule has 1 atom stereocenters. The minimum atomic E-state index is -0.396. The van der Waals surface area contributed by atoms with Gasteiger partial charge in [-0.25, -0.2) is 4.39 Å². The highest BCUT2D eigenvalue weighted by Crippen LogP contribution is 2.20. The van der Waals surface area contributed by atoms with E-state index in [-0.39, 0.29) is 29.4 Å². The van der Waals surface area contributed by atoms with E-state index >= 15 is 0 Å². The molecule has 0 radical (unpaired) electrons. The van der Waals surface area contributed by atoms with E-state index in [9.17, 15) is 18.8 Å². The van der Waals surface area contributed by atoms with Crippen LogP contribution >= 0.6 is 0 Å². The lowest BCUT2D eigenvalue weighted by molar-refractivity contribution is -0.126. The molecule has 1 saturated heterocycles. The van der Waals surface area contributed by atoms with Crippen molar-refractivity contribution in [2.45, 2.75) is 19.4 Å². The predicted octanol–water partition coefficient (Wildman–Crippen LogP) is 3.84. The Kier molecular flexibility index (Phi) is 6.83. The molecule has 0 bridgehead atoms. The molecule has 8 heteroatoms. The second-order valence-corrected chi connectivity index (χ2v) is 7.95. The molecule has 2 heterocycles. The van der Waals surface area contributed by atoms with Crippen molar-refractivity contribution >= 4 is 23.4 Å². The van der Waals surface area contributed by atoms with Crippen LogP contribution in [0.5, 0.6) is 0 Å². The van der Waals surface area contributed by atoms with Crippen molar-refractivity contribution < 1.29 is 23.2 Å². The van der Waals surface area contributed by atoms with Gasteiger partial charge in [-0.05, 0) is 66.9 Å². The van der Waals surface area contributed by atoms with Gasteiger partial charge in [0, 0.05) is 30.9 Å². The number of nitrogens with one attached hydrogen (secondary N) is 2. The number of hydrogen-bond acceptors (Lipinski definition) is 4. The molecule has 1 aromatic heterocycles. The summed E-state index contributed by atoms with van der Waals surface area (Å²) in [5, 5.41) is 5.69. The van der Waals surface area contributed by atoms with Crippen LogP contribution < -0.4 is 10.6 Å². The number of halogens is 1. The average molecular weight is 449 g/mol. The van der Waals surface area contributed by atoms with Gasteiger partial charge in [-0.2, -0.15) is 0 Å². The van der Waals surface area contributed by atoms with Crippen LogP contribution in [0.25, 0.3) is 0 Å². The Balaban J connectivity index is 1.31. The van der Waals surface area contributed by atoms with Crippen LogP contribution in [-0.4, -0.2) is 35.7 Å². The van der Waals surface area contributed by atoms with Crippen LogP contribution in [0.15, 0.2) is 71.3 Å². The Labute approximate surface area is 190 Å². The van der Waals surface area contributed by atoms with Crippen molar-refractivity contribution in [3.8, 4) is 0 Å². The first-order valence-corrected chi connectivity index (χ1v) is 10.8. The molecule has 1 unspecified atom stereocenters. The third-order valence-corrected chi connectivity index (χ3v) is 5.57. The number of nitrogens with zero attached hydrogens (tertiary/aromatic N) is 1. The van der Waals surface area contributed by atoms with E-state index in [0.717, 1.165) is 12.0 Å². The smallest absolute Gasteiger partial charge is 0.291 e. The number of carbonyl (C=O) groups excluding carboxylic acids is 3. The Morgan fingerprint density at radius 3 is 2.64 bits per heavy atom. The second-order valence-electron chi connectivity index (χ2n) is 7.95. The minimum absolute atomic E-state index is 0.128. The molecule has 3 aromatic rings. The number of rotatable bonds is 6. The Bertz CT molecular complexity index is 1130. The summed E-state index contributed by atoms with van der Waals surface area (Å²) in [6.45, 7) is 1.18. The van der Waals surface area contributed by atoms with Gasteiger partial charge in [0.05, 0.1) is 12.2 Å². The highest BCUT2D eigenvalue weighted by atomic mass is 19.1. The van der Waals surface area contributed by atoms with Crippen molar-refractivity contribution in [1.29, 1.82) is 0 Å². The van der Waals surface area contributed by atoms with Crippen LogP contribution in [0.2, 0.25) is 0 Å². The molecule has 4 rings (SSSR count). The lowest BCUT2D eigenvalue weighted by Crippen LogP contribution is -2.45.